The van der Waals surface area contributed by atoms with Crippen molar-refractivity contribution in [3.05, 3.63) is 0 Å². The van der Waals surface area contributed by atoms with E-state index >= 15 is 0 Å². The zero-order valence-electron chi connectivity index (χ0n) is 62.0. The highest BCUT2D eigenvalue weighted by Crippen LogP contribution is 2.45. The quantitative estimate of drug-likeness (QED) is 0.0222. The molecule has 17 nitrogen and oxygen atoms in total. The van der Waals surface area contributed by atoms with Gasteiger partial charge in [-0.15, -0.1) is 0 Å². The van der Waals surface area contributed by atoms with Crippen molar-refractivity contribution in [1.29, 1.82) is 0 Å². The van der Waals surface area contributed by atoms with Gasteiger partial charge in [0.15, 0.2) is 12.2 Å². The normalized spacial score (nSPS) is 14.6. The third-order valence-corrected chi connectivity index (χ3v) is 20.3. The van der Waals surface area contributed by atoms with Crippen LogP contribution in [0.3, 0.4) is 0 Å². The zero-order chi connectivity index (χ0) is 70.0. The Bertz CT molecular complexity index is 1840. The minimum absolute atomic E-state index is 0.106. The van der Waals surface area contributed by atoms with Crippen LogP contribution in [0.2, 0.25) is 0 Å². The average Bonchev–Trinajstić information content (AvgIpc) is 1.81. The number of phosphoric acid groups is 2. The number of hydrogen-bond acceptors (Lipinski definition) is 15. The highest BCUT2D eigenvalue weighted by atomic mass is 31.2. The molecule has 564 valence electrons. The maximum absolute atomic E-state index is 13.1. The van der Waals surface area contributed by atoms with Crippen molar-refractivity contribution < 1.29 is 80.2 Å². The lowest BCUT2D eigenvalue weighted by molar-refractivity contribution is -0.161. The fourth-order valence-corrected chi connectivity index (χ4v) is 13.2. The van der Waals surface area contributed by atoms with Crippen LogP contribution in [0.25, 0.3) is 0 Å². The second-order valence-electron chi connectivity index (χ2n) is 27.9. The molecule has 0 aromatic heterocycles. The molecule has 0 saturated carbocycles. The van der Waals surface area contributed by atoms with Gasteiger partial charge in [-0.05, 0) is 37.5 Å². The molecule has 0 aliphatic heterocycles. The van der Waals surface area contributed by atoms with Crippen LogP contribution in [0.15, 0.2) is 0 Å². The predicted molar refractivity (Wildman–Crippen MR) is 386 cm³/mol. The first-order valence-electron chi connectivity index (χ1n) is 39.6. The van der Waals surface area contributed by atoms with Gasteiger partial charge in [-0.3, -0.25) is 37.3 Å². The Labute approximate surface area is 581 Å². The van der Waals surface area contributed by atoms with E-state index in [1.807, 2.05) is 0 Å². The summed E-state index contributed by atoms with van der Waals surface area (Å²) in [4.78, 5) is 72.9. The molecule has 19 heteroatoms. The van der Waals surface area contributed by atoms with E-state index in [1.54, 1.807) is 0 Å². The molecule has 0 aliphatic rings. The third kappa shape index (κ3) is 67.6. The Morgan fingerprint density at radius 1 is 0.295 bits per heavy atom. The van der Waals surface area contributed by atoms with E-state index in [-0.39, 0.29) is 25.7 Å². The van der Waals surface area contributed by atoms with Gasteiger partial charge in [-0.25, -0.2) is 9.13 Å². The number of rotatable bonds is 75. The summed E-state index contributed by atoms with van der Waals surface area (Å²) in [5.41, 5.74) is 0. The van der Waals surface area contributed by atoms with Crippen LogP contribution in [-0.2, 0) is 65.4 Å². The van der Waals surface area contributed by atoms with E-state index < -0.39 is 97.5 Å². The number of hydrogen-bond donors (Lipinski definition) is 3. The van der Waals surface area contributed by atoms with Gasteiger partial charge in [0, 0.05) is 25.7 Å². The molecule has 0 spiro atoms. The van der Waals surface area contributed by atoms with E-state index in [1.165, 1.54) is 212 Å². The van der Waals surface area contributed by atoms with Crippen LogP contribution >= 0.6 is 15.6 Å². The third-order valence-electron chi connectivity index (χ3n) is 18.4. The van der Waals surface area contributed by atoms with Gasteiger partial charge in [0.25, 0.3) is 0 Å². The lowest BCUT2D eigenvalue weighted by atomic mass is 9.99. The van der Waals surface area contributed by atoms with E-state index in [4.69, 9.17) is 37.0 Å². The molecule has 0 aromatic carbocycles. The number of carbonyl (C=O) groups is 4. The molecule has 7 atom stereocenters. The minimum Gasteiger partial charge on any atom is -0.462 e. The van der Waals surface area contributed by atoms with Gasteiger partial charge in [0.05, 0.1) is 26.4 Å². The highest BCUT2D eigenvalue weighted by Gasteiger charge is 2.30. The van der Waals surface area contributed by atoms with Crippen molar-refractivity contribution in [2.45, 2.75) is 413 Å². The lowest BCUT2D eigenvalue weighted by Gasteiger charge is -2.21. The van der Waals surface area contributed by atoms with E-state index in [9.17, 15) is 43.2 Å². The molecular formula is C76H148O17P2. The summed E-state index contributed by atoms with van der Waals surface area (Å²) in [7, 11) is -9.91. The maximum Gasteiger partial charge on any atom is 0.472 e. The van der Waals surface area contributed by atoms with Crippen LogP contribution in [0, 0.1) is 11.8 Å². The molecule has 0 saturated heterocycles. The molecule has 0 bridgehead atoms. The second kappa shape index (κ2) is 67.9. The summed E-state index contributed by atoms with van der Waals surface area (Å²) in [6, 6.07) is 0. The highest BCUT2D eigenvalue weighted by molar-refractivity contribution is 7.47. The summed E-state index contributed by atoms with van der Waals surface area (Å²) in [5.74, 6) is -0.500. The Hall–Kier alpha value is -1.94. The van der Waals surface area contributed by atoms with Crippen LogP contribution in [0.5, 0.6) is 0 Å². The van der Waals surface area contributed by atoms with Gasteiger partial charge in [0.2, 0.25) is 0 Å². The van der Waals surface area contributed by atoms with Crippen molar-refractivity contribution in [3.63, 3.8) is 0 Å². The second-order valence-corrected chi connectivity index (χ2v) is 30.8. The SMILES string of the molecule is CCCCCCCCCCCCCCCCC(=O)O[C@H](COC(=O)CCCCCCCCCCCCCCC)COP(=O)(O)OC[C@H](O)COP(=O)(O)OC[C@@H](COC(=O)CCCCCCCCCCCCC(C)CC)OC(=O)CCCCCCCCCCCCC(C)CC. The fourth-order valence-electron chi connectivity index (χ4n) is 11.6. The molecule has 0 radical (unpaired) electrons. The van der Waals surface area contributed by atoms with Crippen LogP contribution in [-0.4, -0.2) is 96.7 Å². The topological polar surface area (TPSA) is 237 Å². The van der Waals surface area contributed by atoms with Gasteiger partial charge < -0.3 is 33.8 Å². The summed E-state index contributed by atoms with van der Waals surface area (Å²) >= 11 is 0. The Morgan fingerprint density at radius 3 is 0.747 bits per heavy atom. The maximum atomic E-state index is 13.1. The Balaban J connectivity index is 5.28. The first kappa shape index (κ1) is 93.1. The summed E-state index contributed by atoms with van der Waals surface area (Å²) in [6.45, 7) is 9.66. The van der Waals surface area contributed by atoms with Crippen LogP contribution in [0.4, 0.5) is 0 Å². The standard InChI is InChI=1S/C76H148O17P2/c1-7-11-13-15-17-19-21-23-25-27-36-42-48-54-60-75(80)92-71(64-86-73(78)58-52-46-40-34-26-24-22-20-18-16-14-12-8-2)66-90-94(82,83)88-62-70(77)63-89-95(84,85)91-67-72(93-76(81)61-55-49-43-37-31-29-33-39-45-51-57-69(6)10-4)65-87-74(79)59-53-47-41-35-30-28-32-38-44-50-56-68(5)9-3/h68-72,77H,7-67H2,1-6H3,(H,82,83)(H,84,85)/t68?,69?,70-,71+,72+/m0/s1. The van der Waals surface area contributed by atoms with Crippen molar-refractivity contribution in [2.24, 2.45) is 11.8 Å². The lowest BCUT2D eigenvalue weighted by Crippen LogP contribution is -2.30. The number of ether oxygens (including phenoxy) is 4. The van der Waals surface area contributed by atoms with Crippen molar-refractivity contribution >= 4 is 39.5 Å². The van der Waals surface area contributed by atoms with Crippen LogP contribution < -0.4 is 0 Å². The number of carbonyl (C=O) groups excluding carboxylic acids is 4. The number of aliphatic hydroxyl groups excluding tert-OH is 1. The molecule has 0 rings (SSSR count). The number of aliphatic hydroxyl groups is 1. The minimum atomic E-state index is -4.96. The predicted octanol–water partition coefficient (Wildman–Crippen LogP) is 22.3. The van der Waals surface area contributed by atoms with Crippen molar-refractivity contribution in [2.75, 3.05) is 39.6 Å². The molecule has 3 N–H and O–H groups in total. The van der Waals surface area contributed by atoms with E-state index in [0.717, 1.165) is 102 Å². The molecular weight excluding hydrogens is 1250 g/mol. The molecule has 0 amide bonds. The Kier molecular flexibility index (Phi) is 66.5. The molecule has 0 aromatic rings. The van der Waals surface area contributed by atoms with Crippen molar-refractivity contribution in [3.8, 4) is 0 Å². The van der Waals surface area contributed by atoms with Crippen molar-refractivity contribution in [1.82, 2.24) is 0 Å². The Morgan fingerprint density at radius 2 is 0.505 bits per heavy atom. The molecule has 95 heavy (non-hydrogen) atoms. The number of unbranched alkanes of at least 4 members (excludes halogenated alkanes) is 43. The molecule has 0 fully saturated rings. The fraction of sp³-hybridized carbons (Fsp3) is 0.947. The summed E-state index contributed by atoms with van der Waals surface area (Å²) in [5, 5.41) is 10.6. The largest absolute Gasteiger partial charge is 0.472 e. The summed E-state index contributed by atoms with van der Waals surface area (Å²) in [6.07, 6.45) is 55.1. The molecule has 0 heterocycles. The van der Waals surface area contributed by atoms with Gasteiger partial charge >= 0.3 is 39.5 Å². The average molecular weight is 1400 g/mol. The smallest absolute Gasteiger partial charge is 0.462 e. The van der Waals surface area contributed by atoms with Gasteiger partial charge in [0.1, 0.15) is 19.3 Å². The molecule has 0 aliphatic carbocycles. The van der Waals surface area contributed by atoms with E-state index in [2.05, 4.69) is 41.5 Å². The first-order valence-corrected chi connectivity index (χ1v) is 42.6. The number of esters is 4. The van der Waals surface area contributed by atoms with Gasteiger partial charge in [-0.1, -0.05) is 343 Å². The van der Waals surface area contributed by atoms with Crippen LogP contribution in [0.1, 0.15) is 395 Å². The first-order chi connectivity index (χ1) is 45.9. The molecule has 4 unspecified atom stereocenters. The van der Waals surface area contributed by atoms with Gasteiger partial charge in [-0.2, -0.15) is 0 Å². The number of phosphoric ester groups is 2. The van der Waals surface area contributed by atoms with E-state index in [0.29, 0.717) is 25.7 Å². The zero-order valence-corrected chi connectivity index (χ0v) is 63.8. The monoisotopic (exact) mass is 1400 g/mol. The summed E-state index contributed by atoms with van der Waals surface area (Å²) < 4.78 is 68.6.